The van der Waals surface area contributed by atoms with Gasteiger partial charge in [0.1, 0.15) is 0 Å². The van der Waals surface area contributed by atoms with Crippen molar-refractivity contribution in [1.29, 1.82) is 0 Å². The van der Waals surface area contributed by atoms with Gasteiger partial charge in [-0.3, -0.25) is 4.90 Å². The predicted molar refractivity (Wildman–Crippen MR) is 79.3 cm³/mol. The molecule has 0 aromatic heterocycles. The van der Waals surface area contributed by atoms with Crippen LogP contribution in [0.4, 0.5) is 0 Å². The molecule has 1 aliphatic carbocycles. The van der Waals surface area contributed by atoms with E-state index in [-0.39, 0.29) is 12.4 Å². The van der Waals surface area contributed by atoms with E-state index in [2.05, 4.69) is 35.2 Å². The molecule has 1 nitrogen and oxygen atoms in total. The van der Waals surface area contributed by atoms with Gasteiger partial charge < -0.3 is 0 Å². The third-order valence-corrected chi connectivity index (χ3v) is 4.70. The molecule has 2 aliphatic rings. The second-order valence-corrected chi connectivity index (χ2v) is 5.65. The zero-order chi connectivity index (χ0) is 11.6. The van der Waals surface area contributed by atoms with E-state index in [1.165, 1.54) is 58.0 Å². The Kier molecular flexibility index (Phi) is 4.69. The van der Waals surface area contributed by atoms with Gasteiger partial charge in [0.2, 0.25) is 0 Å². The monoisotopic (exact) mass is 265 g/mol. The average molecular weight is 266 g/mol. The van der Waals surface area contributed by atoms with Crippen molar-refractivity contribution in [3.63, 3.8) is 0 Å². The van der Waals surface area contributed by atoms with Gasteiger partial charge in [0, 0.05) is 5.54 Å². The Morgan fingerprint density at radius 1 is 0.778 bits per heavy atom. The fraction of sp³-hybridized carbons (Fsp3) is 0.625. The number of rotatable bonds is 2. The Morgan fingerprint density at radius 3 is 2.00 bits per heavy atom. The molecule has 1 heterocycles. The molecule has 0 bridgehead atoms. The van der Waals surface area contributed by atoms with Crippen molar-refractivity contribution in [2.24, 2.45) is 0 Å². The number of benzene rings is 1. The minimum absolute atomic E-state index is 0. The highest BCUT2D eigenvalue weighted by atomic mass is 35.5. The van der Waals surface area contributed by atoms with Gasteiger partial charge in [-0.1, -0.05) is 49.6 Å². The maximum Gasteiger partial charge on any atom is 0.0460 e. The van der Waals surface area contributed by atoms with Crippen LogP contribution in [0.5, 0.6) is 0 Å². The van der Waals surface area contributed by atoms with Gasteiger partial charge in [-0.25, -0.2) is 0 Å². The van der Waals surface area contributed by atoms with Gasteiger partial charge in [0.05, 0.1) is 0 Å². The lowest BCUT2D eigenvalue weighted by Gasteiger charge is -2.45. The average Bonchev–Trinajstić information content (AvgIpc) is 2.95. The number of halogens is 1. The predicted octanol–water partition coefficient (Wildman–Crippen LogP) is 4.36. The fourth-order valence-electron chi connectivity index (χ4n) is 3.82. The van der Waals surface area contributed by atoms with E-state index in [0.29, 0.717) is 5.54 Å². The highest BCUT2D eigenvalue weighted by Gasteiger charge is 2.40. The van der Waals surface area contributed by atoms with Crippen LogP contribution in [0.25, 0.3) is 0 Å². The molecule has 18 heavy (non-hydrogen) atoms. The van der Waals surface area contributed by atoms with E-state index in [1.54, 1.807) is 5.56 Å². The van der Waals surface area contributed by atoms with E-state index in [9.17, 15) is 0 Å². The van der Waals surface area contributed by atoms with Crippen LogP contribution in [-0.4, -0.2) is 18.0 Å². The maximum atomic E-state index is 2.78. The van der Waals surface area contributed by atoms with Crippen molar-refractivity contribution in [2.75, 3.05) is 13.1 Å². The summed E-state index contributed by atoms with van der Waals surface area (Å²) in [7, 11) is 0. The lowest BCUT2D eigenvalue weighted by atomic mass is 9.75. The second-order valence-electron chi connectivity index (χ2n) is 5.65. The van der Waals surface area contributed by atoms with E-state index >= 15 is 0 Å². The molecule has 2 heteroatoms. The number of likely N-dealkylation sites (tertiary alicyclic amines) is 1. The first-order chi connectivity index (χ1) is 8.42. The first kappa shape index (κ1) is 13.9. The Labute approximate surface area is 117 Å². The first-order valence-electron chi connectivity index (χ1n) is 7.22. The molecule has 2 fully saturated rings. The molecule has 1 aromatic carbocycles. The molecular weight excluding hydrogens is 242 g/mol. The molecule has 0 N–H and O–H groups in total. The van der Waals surface area contributed by atoms with E-state index in [1.807, 2.05) is 0 Å². The Morgan fingerprint density at radius 2 is 1.39 bits per heavy atom. The third-order valence-electron chi connectivity index (χ3n) is 4.70. The molecule has 0 spiro atoms. The molecule has 100 valence electrons. The van der Waals surface area contributed by atoms with Crippen LogP contribution in [0, 0.1) is 0 Å². The van der Waals surface area contributed by atoms with Crippen LogP contribution in [0.15, 0.2) is 30.3 Å². The number of hydrogen-bond donors (Lipinski definition) is 0. The molecule has 1 aromatic rings. The van der Waals surface area contributed by atoms with Crippen LogP contribution in [0.2, 0.25) is 0 Å². The van der Waals surface area contributed by atoms with Crippen molar-refractivity contribution < 1.29 is 0 Å². The molecule has 0 amide bonds. The van der Waals surface area contributed by atoms with Gasteiger partial charge >= 0.3 is 0 Å². The van der Waals surface area contributed by atoms with Gasteiger partial charge in [0.25, 0.3) is 0 Å². The van der Waals surface area contributed by atoms with Crippen LogP contribution >= 0.6 is 12.4 Å². The zero-order valence-corrected chi connectivity index (χ0v) is 11.9. The quantitative estimate of drug-likeness (QED) is 0.768. The van der Waals surface area contributed by atoms with Crippen LogP contribution < -0.4 is 0 Å². The lowest BCUT2D eigenvalue weighted by Crippen LogP contribution is -2.45. The molecule has 0 unspecified atom stereocenters. The fourth-order valence-corrected chi connectivity index (χ4v) is 3.82. The highest BCUT2D eigenvalue weighted by Crippen LogP contribution is 2.43. The second kappa shape index (κ2) is 6.08. The normalized spacial score (nSPS) is 23.6. The SMILES string of the molecule is Cl.c1ccc(C2(N3CCCC3)CCCCC2)cc1. The van der Waals surface area contributed by atoms with Gasteiger partial charge in [-0.2, -0.15) is 0 Å². The third kappa shape index (κ3) is 2.44. The summed E-state index contributed by atoms with van der Waals surface area (Å²) in [6.45, 7) is 2.63. The number of hydrogen-bond acceptors (Lipinski definition) is 1. The van der Waals surface area contributed by atoms with Crippen LogP contribution in [0.3, 0.4) is 0 Å². The lowest BCUT2D eigenvalue weighted by molar-refractivity contribution is 0.0706. The zero-order valence-electron chi connectivity index (χ0n) is 11.1. The van der Waals surface area contributed by atoms with E-state index < -0.39 is 0 Å². The summed E-state index contributed by atoms with van der Waals surface area (Å²) in [6, 6.07) is 11.3. The summed E-state index contributed by atoms with van der Waals surface area (Å²) in [5.41, 5.74) is 1.96. The van der Waals surface area contributed by atoms with E-state index in [4.69, 9.17) is 0 Å². The van der Waals surface area contributed by atoms with Crippen molar-refractivity contribution in [3.05, 3.63) is 35.9 Å². The molecule has 3 rings (SSSR count). The van der Waals surface area contributed by atoms with Crippen molar-refractivity contribution in [3.8, 4) is 0 Å². The van der Waals surface area contributed by atoms with Gasteiger partial charge in [0.15, 0.2) is 0 Å². The van der Waals surface area contributed by atoms with Crippen molar-refractivity contribution >= 4 is 12.4 Å². The Balaban J connectivity index is 0.00000120. The summed E-state index contributed by atoms with van der Waals surface area (Å²) in [5.74, 6) is 0. The summed E-state index contributed by atoms with van der Waals surface area (Å²) in [5, 5.41) is 0. The minimum atomic E-state index is 0. The first-order valence-corrected chi connectivity index (χ1v) is 7.22. The summed E-state index contributed by atoms with van der Waals surface area (Å²) < 4.78 is 0. The Bertz CT molecular complexity index is 351. The van der Waals surface area contributed by atoms with Gasteiger partial charge in [-0.15, -0.1) is 12.4 Å². The molecule has 0 radical (unpaired) electrons. The molecular formula is C16H24ClN. The summed E-state index contributed by atoms with van der Waals surface area (Å²) in [4.78, 5) is 2.78. The molecule has 1 saturated carbocycles. The summed E-state index contributed by atoms with van der Waals surface area (Å²) in [6.07, 6.45) is 9.79. The standard InChI is InChI=1S/C16H23N.ClH/c1-3-9-15(10-4-1)16(11-5-2-6-12-16)17-13-7-8-14-17;/h1,3-4,9-10H,2,5-8,11-14H2;1H. The number of nitrogens with zero attached hydrogens (tertiary/aromatic N) is 1. The summed E-state index contributed by atoms with van der Waals surface area (Å²) >= 11 is 0. The largest absolute Gasteiger partial charge is 0.294 e. The van der Waals surface area contributed by atoms with Crippen molar-refractivity contribution in [1.82, 2.24) is 4.90 Å². The van der Waals surface area contributed by atoms with Crippen molar-refractivity contribution in [2.45, 2.75) is 50.5 Å². The van der Waals surface area contributed by atoms with Crippen LogP contribution in [-0.2, 0) is 5.54 Å². The minimum Gasteiger partial charge on any atom is -0.294 e. The van der Waals surface area contributed by atoms with E-state index in [0.717, 1.165) is 0 Å². The van der Waals surface area contributed by atoms with Crippen LogP contribution in [0.1, 0.15) is 50.5 Å². The Hall–Kier alpha value is -0.530. The molecule has 0 atom stereocenters. The highest BCUT2D eigenvalue weighted by molar-refractivity contribution is 5.85. The molecule has 1 aliphatic heterocycles. The topological polar surface area (TPSA) is 3.24 Å². The maximum absolute atomic E-state index is 2.78. The van der Waals surface area contributed by atoms with Gasteiger partial charge in [-0.05, 0) is 44.3 Å². The smallest absolute Gasteiger partial charge is 0.0460 e. The molecule has 1 saturated heterocycles.